The molecule has 0 aromatic rings. The van der Waals surface area contributed by atoms with Gasteiger partial charge < -0.3 is 14.9 Å². The molecule has 0 aliphatic rings. The molecule has 0 aliphatic heterocycles. The molecule has 0 aliphatic carbocycles. The lowest BCUT2D eigenvalue weighted by Crippen LogP contribution is -2.10. The van der Waals surface area contributed by atoms with E-state index in [1.165, 1.54) is 6.08 Å². The van der Waals surface area contributed by atoms with Crippen molar-refractivity contribution in [1.82, 2.24) is 0 Å². The molecule has 0 fully saturated rings. The van der Waals surface area contributed by atoms with Crippen molar-refractivity contribution in [3.63, 3.8) is 0 Å². The fourth-order valence-electron chi connectivity index (χ4n) is 0.359. The van der Waals surface area contributed by atoms with E-state index < -0.39 is 18.4 Å². The summed E-state index contributed by atoms with van der Waals surface area (Å²) in [6, 6.07) is 0. The monoisotopic (exact) mass is 160 g/mol. The Kier molecular flexibility index (Phi) is 4.55. The van der Waals surface area contributed by atoms with E-state index in [0.29, 0.717) is 6.26 Å². The minimum atomic E-state index is -1.23. The first kappa shape index (κ1) is 9.48. The fraction of sp³-hybridized carbons (Fsp3) is 0.333. The number of aliphatic carboxylic acids is 1. The largest absolute Gasteiger partial charge is 0.516 e. The Bertz CT molecular complexity index is 172. The molecular weight excluding hydrogens is 152 g/mol. The minimum absolute atomic E-state index is 0.109. The Morgan fingerprint density at radius 2 is 2.09 bits per heavy atom. The second kappa shape index (κ2) is 5.28. The van der Waals surface area contributed by atoms with Gasteiger partial charge in [-0.2, -0.15) is 0 Å². The van der Waals surface area contributed by atoms with E-state index in [0.717, 1.165) is 0 Å². The molecule has 0 atom stereocenters. The van der Waals surface area contributed by atoms with Crippen LogP contribution in [-0.4, -0.2) is 28.8 Å². The molecule has 0 heterocycles. The lowest BCUT2D eigenvalue weighted by molar-refractivity contribution is -0.150. The number of carboxylic acids is 1. The summed E-state index contributed by atoms with van der Waals surface area (Å²) < 4.78 is 4.33. The van der Waals surface area contributed by atoms with Crippen molar-refractivity contribution >= 4 is 11.9 Å². The third-order valence-corrected chi connectivity index (χ3v) is 0.742. The van der Waals surface area contributed by atoms with Gasteiger partial charge >= 0.3 is 11.9 Å². The average molecular weight is 160 g/mol. The van der Waals surface area contributed by atoms with Crippen LogP contribution in [0.15, 0.2) is 12.3 Å². The van der Waals surface area contributed by atoms with Crippen molar-refractivity contribution < 1.29 is 24.5 Å². The van der Waals surface area contributed by atoms with Gasteiger partial charge in [0.15, 0.2) is 0 Å². The maximum absolute atomic E-state index is 10.4. The zero-order valence-corrected chi connectivity index (χ0v) is 5.69. The smallest absolute Gasteiger partial charge is 0.317 e. The topological polar surface area (TPSA) is 83.8 Å². The predicted octanol–water partition coefficient (Wildman–Crippen LogP) is 0.0760. The number of esters is 1. The van der Waals surface area contributed by atoms with E-state index in [9.17, 15) is 9.59 Å². The van der Waals surface area contributed by atoms with Crippen molar-refractivity contribution in [3.05, 3.63) is 12.3 Å². The first-order chi connectivity index (χ1) is 5.16. The number of hydrogen-bond donors (Lipinski definition) is 2. The summed E-state index contributed by atoms with van der Waals surface area (Å²) in [4.78, 5) is 20.3. The third-order valence-electron chi connectivity index (χ3n) is 0.742. The van der Waals surface area contributed by atoms with Gasteiger partial charge in [0.05, 0.1) is 6.26 Å². The van der Waals surface area contributed by atoms with Crippen LogP contribution in [0.4, 0.5) is 0 Å². The van der Waals surface area contributed by atoms with Gasteiger partial charge in [-0.25, -0.2) is 0 Å². The van der Waals surface area contributed by atoms with Crippen LogP contribution in [0.3, 0.4) is 0 Å². The van der Waals surface area contributed by atoms with E-state index in [1.54, 1.807) is 0 Å². The standard InChI is InChI=1S/C6H8O5/c7-2-1-3-11-6(10)4-5(8)9/h1-2,7H,3-4H2,(H,8,9). The van der Waals surface area contributed by atoms with E-state index in [4.69, 9.17) is 10.2 Å². The summed E-state index contributed by atoms with van der Waals surface area (Å²) >= 11 is 0. The first-order valence-corrected chi connectivity index (χ1v) is 2.83. The summed E-state index contributed by atoms with van der Waals surface area (Å²) in [5, 5.41) is 16.1. The second-order valence-corrected chi connectivity index (χ2v) is 1.64. The van der Waals surface area contributed by atoms with Gasteiger partial charge in [-0.05, 0) is 6.08 Å². The molecule has 5 heteroatoms. The molecule has 62 valence electrons. The van der Waals surface area contributed by atoms with Crippen molar-refractivity contribution in [2.45, 2.75) is 6.42 Å². The Morgan fingerprint density at radius 3 is 2.55 bits per heavy atom. The van der Waals surface area contributed by atoms with Gasteiger partial charge in [0.2, 0.25) is 0 Å². The van der Waals surface area contributed by atoms with Gasteiger partial charge in [-0.1, -0.05) is 0 Å². The van der Waals surface area contributed by atoms with E-state index in [2.05, 4.69) is 4.74 Å². The highest BCUT2D eigenvalue weighted by atomic mass is 16.5. The van der Waals surface area contributed by atoms with Gasteiger partial charge in [-0.3, -0.25) is 9.59 Å². The zero-order chi connectivity index (χ0) is 8.69. The Balaban J connectivity index is 3.45. The van der Waals surface area contributed by atoms with Crippen LogP contribution in [-0.2, 0) is 14.3 Å². The van der Waals surface area contributed by atoms with Crippen LogP contribution >= 0.6 is 0 Å². The molecule has 11 heavy (non-hydrogen) atoms. The lowest BCUT2D eigenvalue weighted by Gasteiger charge is -1.96. The van der Waals surface area contributed by atoms with Gasteiger partial charge in [0.1, 0.15) is 13.0 Å². The molecule has 0 spiro atoms. The predicted molar refractivity (Wildman–Crippen MR) is 35.0 cm³/mol. The summed E-state index contributed by atoms with van der Waals surface area (Å²) in [6.45, 7) is -0.109. The maximum Gasteiger partial charge on any atom is 0.317 e. The minimum Gasteiger partial charge on any atom is -0.516 e. The van der Waals surface area contributed by atoms with E-state index >= 15 is 0 Å². The Hall–Kier alpha value is -1.52. The number of carbonyl (C=O) groups excluding carboxylic acids is 1. The molecule has 2 N–H and O–H groups in total. The Labute approximate surface area is 62.9 Å². The summed E-state index contributed by atoms with van der Waals surface area (Å²) in [5.41, 5.74) is 0. The molecule has 0 radical (unpaired) electrons. The average Bonchev–Trinajstić information content (AvgIpc) is 1.86. The maximum atomic E-state index is 10.4. The molecule has 0 unspecified atom stereocenters. The number of aliphatic hydroxyl groups excluding tert-OH is 1. The highest BCUT2D eigenvalue weighted by Gasteiger charge is 2.06. The van der Waals surface area contributed by atoms with Gasteiger partial charge in [-0.15, -0.1) is 0 Å². The fourth-order valence-corrected chi connectivity index (χ4v) is 0.359. The molecule has 0 amide bonds. The third kappa shape index (κ3) is 6.36. The van der Waals surface area contributed by atoms with Crippen LogP contribution in [0.25, 0.3) is 0 Å². The molecule has 0 saturated heterocycles. The number of ether oxygens (including phenoxy) is 1. The molecule has 0 aromatic heterocycles. The Morgan fingerprint density at radius 1 is 1.45 bits per heavy atom. The van der Waals surface area contributed by atoms with Crippen LogP contribution in [0.1, 0.15) is 6.42 Å². The molecule has 0 aromatic carbocycles. The highest BCUT2D eigenvalue weighted by Crippen LogP contribution is 1.86. The molecule has 0 saturated carbocycles. The van der Waals surface area contributed by atoms with Gasteiger partial charge in [0.25, 0.3) is 0 Å². The summed E-state index contributed by atoms with van der Waals surface area (Å²) in [6.07, 6.45) is 1.24. The molecule has 0 bridgehead atoms. The SMILES string of the molecule is O=C(O)CC(=O)OCC=CO. The number of carbonyl (C=O) groups is 2. The molecular formula is C6H8O5. The van der Waals surface area contributed by atoms with Crippen molar-refractivity contribution in [2.75, 3.05) is 6.61 Å². The van der Waals surface area contributed by atoms with Crippen LogP contribution in [0.5, 0.6) is 0 Å². The quantitative estimate of drug-likeness (QED) is 0.345. The number of carboxylic acid groups (broad SMARTS) is 1. The van der Waals surface area contributed by atoms with Crippen molar-refractivity contribution in [3.8, 4) is 0 Å². The summed E-state index contributed by atoms with van der Waals surface area (Å²) in [7, 11) is 0. The van der Waals surface area contributed by atoms with Crippen LogP contribution in [0, 0.1) is 0 Å². The highest BCUT2D eigenvalue weighted by molar-refractivity contribution is 5.90. The lowest BCUT2D eigenvalue weighted by atomic mass is 10.4. The number of hydrogen-bond acceptors (Lipinski definition) is 4. The zero-order valence-electron chi connectivity index (χ0n) is 5.69. The van der Waals surface area contributed by atoms with Crippen molar-refractivity contribution in [1.29, 1.82) is 0 Å². The van der Waals surface area contributed by atoms with Gasteiger partial charge in [0, 0.05) is 0 Å². The number of aliphatic hydroxyl groups is 1. The first-order valence-electron chi connectivity index (χ1n) is 2.83. The van der Waals surface area contributed by atoms with Crippen LogP contribution in [0.2, 0.25) is 0 Å². The van der Waals surface area contributed by atoms with Crippen molar-refractivity contribution in [2.24, 2.45) is 0 Å². The molecule has 0 rings (SSSR count). The second-order valence-electron chi connectivity index (χ2n) is 1.64. The van der Waals surface area contributed by atoms with E-state index in [-0.39, 0.29) is 6.61 Å². The van der Waals surface area contributed by atoms with Crippen LogP contribution < -0.4 is 0 Å². The van der Waals surface area contributed by atoms with E-state index in [1.807, 2.05) is 0 Å². The number of rotatable bonds is 4. The normalized spacial score (nSPS) is 9.82. The summed E-state index contributed by atoms with van der Waals surface area (Å²) in [5.74, 6) is -2.06. The molecule has 5 nitrogen and oxygen atoms in total.